The molecule has 25 heavy (non-hydrogen) atoms. The number of nitrogens with zero attached hydrogens (tertiary/aromatic N) is 2. The molecule has 0 saturated heterocycles. The van der Waals surface area contributed by atoms with Crippen LogP contribution in [0, 0.1) is 5.82 Å². The second kappa shape index (κ2) is 6.98. The van der Waals surface area contributed by atoms with Gasteiger partial charge in [0.1, 0.15) is 5.82 Å². The SMILES string of the molecule is CCOC(=O)c1ccc2c(c1)sc(=NC(=O)c1cccc(F)c1)n2C. The molecule has 1 amide bonds. The molecule has 1 aromatic heterocycles. The van der Waals surface area contributed by atoms with Crippen molar-refractivity contribution < 1.29 is 18.7 Å². The summed E-state index contributed by atoms with van der Waals surface area (Å²) in [6.07, 6.45) is 0. The van der Waals surface area contributed by atoms with Crippen LogP contribution in [0.1, 0.15) is 27.6 Å². The Morgan fingerprint density at radius 3 is 2.72 bits per heavy atom. The predicted molar refractivity (Wildman–Crippen MR) is 93.0 cm³/mol. The van der Waals surface area contributed by atoms with E-state index in [1.54, 1.807) is 36.7 Å². The van der Waals surface area contributed by atoms with Crippen LogP contribution >= 0.6 is 11.3 Å². The molecule has 0 aliphatic carbocycles. The molecule has 0 unspecified atom stereocenters. The van der Waals surface area contributed by atoms with Crippen LogP contribution in [0.5, 0.6) is 0 Å². The lowest BCUT2D eigenvalue weighted by molar-refractivity contribution is 0.0526. The summed E-state index contributed by atoms with van der Waals surface area (Å²) < 4.78 is 20.8. The maximum absolute atomic E-state index is 13.3. The lowest BCUT2D eigenvalue weighted by Crippen LogP contribution is -2.13. The van der Waals surface area contributed by atoms with Gasteiger partial charge in [-0.25, -0.2) is 9.18 Å². The summed E-state index contributed by atoms with van der Waals surface area (Å²) in [7, 11) is 1.78. The normalized spacial score (nSPS) is 11.7. The number of thiazole rings is 1. The fourth-order valence-corrected chi connectivity index (χ4v) is 3.41. The van der Waals surface area contributed by atoms with Crippen molar-refractivity contribution in [2.24, 2.45) is 12.0 Å². The van der Waals surface area contributed by atoms with E-state index >= 15 is 0 Å². The molecule has 0 saturated carbocycles. The highest BCUT2D eigenvalue weighted by Gasteiger charge is 2.11. The quantitative estimate of drug-likeness (QED) is 0.675. The lowest BCUT2D eigenvalue weighted by Gasteiger charge is -2.01. The number of hydrogen-bond acceptors (Lipinski definition) is 4. The molecule has 3 aromatic rings. The van der Waals surface area contributed by atoms with Crippen molar-refractivity contribution in [3.8, 4) is 0 Å². The maximum atomic E-state index is 13.3. The van der Waals surface area contributed by atoms with Gasteiger partial charge in [-0.2, -0.15) is 4.99 Å². The molecule has 0 bridgehead atoms. The van der Waals surface area contributed by atoms with Crippen molar-refractivity contribution in [1.82, 2.24) is 4.57 Å². The standard InChI is InChI=1S/C18H15FN2O3S/c1-3-24-17(23)12-7-8-14-15(10-12)25-18(21(14)2)20-16(22)11-5-4-6-13(19)9-11/h4-10H,3H2,1-2H3. The third-order valence-corrected chi connectivity index (χ3v) is 4.68. The first-order valence-corrected chi connectivity index (χ1v) is 8.42. The fourth-order valence-electron chi connectivity index (χ4n) is 2.35. The summed E-state index contributed by atoms with van der Waals surface area (Å²) in [4.78, 5) is 28.6. The number of aromatic nitrogens is 1. The predicted octanol–water partition coefficient (Wildman–Crippen LogP) is 3.30. The molecule has 0 N–H and O–H groups in total. The minimum absolute atomic E-state index is 0.185. The molecule has 7 heteroatoms. The Hall–Kier alpha value is -2.80. The molecular formula is C18H15FN2O3S. The van der Waals surface area contributed by atoms with Crippen LogP contribution in [0.2, 0.25) is 0 Å². The largest absolute Gasteiger partial charge is 0.462 e. The summed E-state index contributed by atoms with van der Waals surface area (Å²) >= 11 is 1.27. The first-order chi connectivity index (χ1) is 12.0. The topological polar surface area (TPSA) is 60.7 Å². The smallest absolute Gasteiger partial charge is 0.338 e. The summed E-state index contributed by atoms with van der Waals surface area (Å²) in [5, 5.41) is 0. The Balaban J connectivity index is 2.03. The van der Waals surface area contributed by atoms with E-state index in [-0.39, 0.29) is 5.56 Å². The van der Waals surface area contributed by atoms with Crippen molar-refractivity contribution in [2.45, 2.75) is 6.92 Å². The van der Waals surface area contributed by atoms with Crippen LogP contribution in [0.3, 0.4) is 0 Å². The van der Waals surface area contributed by atoms with Gasteiger partial charge >= 0.3 is 5.97 Å². The zero-order chi connectivity index (χ0) is 18.0. The minimum Gasteiger partial charge on any atom is -0.462 e. The van der Waals surface area contributed by atoms with Crippen molar-refractivity contribution in [3.05, 3.63) is 64.2 Å². The van der Waals surface area contributed by atoms with Crippen LogP contribution in [0.15, 0.2) is 47.5 Å². The van der Waals surface area contributed by atoms with Crippen molar-refractivity contribution in [3.63, 3.8) is 0 Å². The minimum atomic E-state index is -0.521. The number of ether oxygens (including phenoxy) is 1. The first-order valence-electron chi connectivity index (χ1n) is 7.61. The van der Waals surface area contributed by atoms with Gasteiger partial charge in [0.25, 0.3) is 5.91 Å². The summed E-state index contributed by atoms with van der Waals surface area (Å²) in [6, 6.07) is 10.6. The Morgan fingerprint density at radius 2 is 2.00 bits per heavy atom. The number of halogens is 1. The molecule has 0 spiro atoms. The number of fused-ring (bicyclic) bond motifs is 1. The highest BCUT2D eigenvalue weighted by molar-refractivity contribution is 7.16. The van der Waals surface area contributed by atoms with E-state index in [0.717, 1.165) is 16.3 Å². The van der Waals surface area contributed by atoms with Crippen LogP contribution in [0.25, 0.3) is 10.2 Å². The third kappa shape index (κ3) is 3.51. The number of carbonyl (C=O) groups is 2. The van der Waals surface area contributed by atoms with Gasteiger partial charge in [0.2, 0.25) is 0 Å². The maximum Gasteiger partial charge on any atom is 0.338 e. The van der Waals surface area contributed by atoms with E-state index in [9.17, 15) is 14.0 Å². The molecular weight excluding hydrogens is 343 g/mol. The van der Waals surface area contributed by atoms with Crippen LogP contribution in [-0.2, 0) is 11.8 Å². The second-order valence-electron chi connectivity index (χ2n) is 5.27. The molecule has 5 nitrogen and oxygen atoms in total. The number of esters is 1. The van der Waals surface area contributed by atoms with E-state index in [4.69, 9.17) is 4.74 Å². The van der Waals surface area contributed by atoms with Gasteiger partial charge in [0.05, 0.1) is 22.4 Å². The Morgan fingerprint density at radius 1 is 1.20 bits per heavy atom. The van der Waals surface area contributed by atoms with Gasteiger partial charge in [-0.05, 0) is 43.3 Å². The van der Waals surface area contributed by atoms with E-state index < -0.39 is 17.7 Å². The summed E-state index contributed by atoms with van der Waals surface area (Å²) in [6.45, 7) is 2.05. The lowest BCUT2D eigenvalue weighted by atomic mass is 10.2. The highest BCUT2D eigenvalue weighted by atomic mass is 32.1. The molecule has 2 aromatic carbocycles. The molecule has 0 radical (unpaired) electrons. The number of carbonyl (C=O) groups excluding carboxylic acids is 2. The van der Waals surface area contributed by atoms with Crippen molar-refractivity contribution >= 4 is 33.4 Å². The van der Waals surface area contributed by atoms with Gasteiger partial charge in [-0.1, -0.05) is 17.4 Å². The zero-order valence-corrected chi connectivity index (χ0v) is 14.5. The van der Waals surface area contributed by atoms with Crippen molar-refractivity contribution in [1.29, 1.82) is 0 Å². The Kier molecular flexibility index (Phi) is 4.76. The Labute approximate surface area is 147 Å². The van der Waals surface area contributed by atoms with Gasteiger partial charge in [0.15, 0.2) is 4.80 Å². The molecule has 1 heterocycles. The number of amides is 1. The van der Waals surface area contributed by atoms with Gasteiger partial charge in [0, 0.05) is 12.6 Å². The second-order valence-corrected chi connectivity index (χ2v) is 6.28. The van der Waals surface area contributed by atoms with E-state index in [1.165, 1.54) is 29.5 Å². The summed E-state index contributed by atoms with van der Waals surface area (Å²) in [5.41, 5.74) is 1.47. The Bertz CT molecular complexity index is 1040. The van der Waals surface area contributed by atoms with Gasteiger partial charge in [-0.3, -0.25) is 4.79 Å². The van der Waals surface area contributed by atoms with E-state index in [0.29, 0.717) is 17.0 Å². The zero-order valence-electron chi connectivity index (χ0n) is 13.7. The van der Waals surface area contributed by atoms with Gasteiger partial charge in [-0.15, -0.1) is 0 Å². The van der Waals surface area contributed by atoms with Crippen LogP contribution < -0.4 is 4.80 Å². The number of benzene rings is 2. The molecule has 0 atom stereocenters. The third-order valence-electron chi connectivity index (χ3n) is 3.59. The van der Waals surface area contributed by atoms with Crippen LogP contribution in [0.4, 0.5) is 4.39 Å². The molecule has 0 aliphatic heterocycles. The van der Waals surface area contributed by atoms with Crippen LogP contribution in [-0.4, -0.2) is 23.1 Å². The molecule has 128 valence electrons. The number of rotatable bonds is 3. The van der Waals surface area contributed by atoms with Gasteiger partial charge < -0.3 is 9.30 Å². The molecule has 0 aliphatic rings. The highest BCUT2D eigenvalue weighted by Crippen LogP contribution is 2.19. The monoisotopic (exact) mass is 358 g/mol. The van der Waals surface area contributed by atoms with E-state index in [1.807, 2.05) is 0 Å². The average molecular weight is 358 g/mol. The molecule has 0 fully saturated rings. The number of aryl methyl sites for hydroxylation is 1. The average Bonchev–Trinajstić information content (AvgIpc) is 2.90. The van der Waals surface area contributed by atoms with Crippen molar-refractivity contribution in [2.75, 3.05) is 6.61 Å². The number of hydrogen-bond donors (Lipinski definition) is 0. The fraction of sp³-hybridized carbons (Fsp3) is 0.167. The first kappa shape index (κ1) is 17.0. The van der Waals surface area contributed by atoms with E-state index in [2.05, 4.69) is 4.99 Å². The molecule has 3 rings (SSSR count). The summed E-state index contributed by atoms with van der Waals surface area (Å²) in [5.74, 6) is -1.40.